The molecule has 0 aromatic heterocycles. The van der Waals surface area contributed by atoms with Crippen LogP contribution in [0.5, 0.6) is 0 Å². The van der Waals surface area contributed by atoms with Gasteiger partial charge in [-0.15, -0.1) is 0 Å². The topological polar surface area (TPSA) is 104 Å². The Kier molecular flexibility index (Phi) is 6.68. The molecule has 3 aromatic rings. The molecule has 3 aromatic carbocycles. The zero-order chi connectivity index (χ0) is 23.5. The lowest BCUT2D eigenvalue weighted by atomic mass is 10.2. The molecule has 0 aliphatic heterocycles. The Balaban J connectivity index is 1.74. The highest BCUT2D eigenvalue weighted by molar-refractivity contribution is 7.92. The molecular formula is C22H23N3O5S2. The average Bonchev–Trinajstić information content (AvgIpc) is 2.79. The van der Waals surface area contributed by atoms with E-state index in [1.54, 1.807) is 30.3 Å². The minimum absolute atomic E-state index is 0.0543. The Morgan fingerprint density at radius 3 is 1.72 bits per heavy atom. The van der Waals surface area contributed by atoms with Crippen molar-refractivity contribution in [3.8, 4) is 0 Å². The van der Waals surface area contributed by atoms with Gasteiger partial charge in [0.15, 0.2) is 0 Å². The van der Waals surface area contributed by atoms with Gasteiger partial charge in [-0.3, -0.25) is 9.10 Å². The molecule has 0 saturated heterocycles. The van der Waals surface area contributed by atoms with Crippen molar-refractivity contribution in [2.24, 2.45) is 0 Å². The number of nitrogens with one attached hydrogen (secondary N) is 1. The van der Waals surface area contributed by atoms with Gasteiger partial charge in [-0.25, -0.2) is 21.1 Å². The highest BCUT2D eigenvalue weighted by Crippen LogP contribution is 2.22. The molecule has 1 amide bonds. The number of para-hydroxylation sites is 1. The lowest BCUT2D eigenvalue weighted by molar-refractivity contribution is 0.102. The summed E-state index contributed by atoms with van der Waals surface area (Å²) < 4.78 is 52.2. The van der Waals surface area contributed by atoms with Crippen LogP contribution in [0.3, 0.4) is 0 Å². The van der Waals surface area contributed by atoms with E-state index in [9.17, 15) is 21.6 Å². The van der Waals surface area contributed by atoms with Crippen LogP contribution in [0.2, 0.25) is 0 Å². The summed E-state index contributed by atoms with van der Waals surface area (Å²) in [6.07, 6.45) is 0. The summed E-state index contributed by atoms with van der Waals surface area (Å²) in [5.74, 6) is -0.450. The number of sulfonamides is 2. The molecule has 3 rings (SSSR count). The molecular weight excluding hydrogens is 450 g/mol. The lowest BCUT2D eigenvalue weighted by Crippen LogP contribution is -2.26. The van der Waals surface area contributed by atoms with Gasteiger partial charge < -0.3 is 5.32 Å². The minimum atomic E-state index is -3.78. The largest absolute Gasteiger partial charge is 0.322 e. The van der Waals surface area contributed by atoms with Crippen molar-refractivity contribution < 1.29 is 21.6 Å². The highest BCUT2D eigenvalue weighted by Gasteiger charge is 2.22. The van der Waals surface area contributed by atoms with Gasteiger partial charge in [-0.2, -0.15) is 0 Å². The first-order valence-electron chi connectivity index (χ1n) is 9.51. The predicted molar refractivity (Wildman–Crippen MR) is 124 cm³/mol. The van der Waals surface area contributed by atoms with Gasteiger partial charge in [-0.05, 0) is 60.7 Å². The zero-order valence-corrected chi connectivity index (χ0v) is 19.4. The monoisotopic (exact) mass is 473 g/mol. The summed E-state index contributed by atoms with van der Waals surface area (Å²) in [7, 11) is -3.00. The maximum atomic E-state index is 12.8. The number of hydrogen-bond acceptors (Lipinski definition) is 5. The fourth-order valence-electron chi connectivity index (χ4n) is 2.84. The van der Waals surface area contributed by atoms with E-state index in [4.69, 9.17) is 0 Å². The third kappa shape index (κ3) is 4.82. The summed E-state index contributed by atoms with van der Waals surface area (Å²) >= 11 is 0. The van der Waals surface area contributed by atoms with E-state index in [0.717, 1.165) is 4.31 Å². The molecule has 0 aliphatic carbocycles. The van der Waals surface area contributed by atoms with Crippen LogP contribution in [0.1, 0.15) is 10.4 Å². The van der Waals surface area contributed by atoms with E-state index in [0.29, 0.717) is 11.4 Å². The van der Waals surface area contributed by atoms with Crippen LogP contribution < -0.4 is 9.62 Å². The maximum absolute atomic E-state index is 12.8. The van der Waals surface area contributed by atoms with E-state index in [1.807, 2.05) is 0 Å². The van der Waals surface area contributed by atoms with Crippen LogP contribution in [0.25, 0.3) is 0 Å². The van der Waals surface area contributed by atoms with Gasteiger partial charge in [0.1, 0.15) is 0 Å². The lowest BCUT2D eigenvalue weighted by Gasteiger charge is -2.19. The third-order valence-electron chi connectivity index (χ3n) is 4.79. The molecule has 32 heavy (non-hydrogen) atoms. The van der Waals surface area contributed by atoms with Gasteiger partial charge in [0.2, 0.25) is 10.0 Å². The van der Waals surface area contributed by atoms with Crippen molar-refractivity contribution in [2.45, 2.75) is 9.79 Å². The second kappa shape index (κ2) is 9.11. The van der Waals surface area contributed by atoms with Crippen LogP contribution in [-0.2, 0) is 20.0 Å². The molecule has 0 heterocycles. The smallest absolute Gasteiger partial charge is 0.264 e. The first-order valence-corrected chi connectivity index (χ1v) is 12.4. The molecule has 0 unspecified atom stereocenters. The number of amides is 1. The Labute approximate surface area is 188 Å². The van der Waals surface area contributed by atoms with Gasteiger partial charge in [0, 0.05) is 32.4 Å². The van der Waals surface area contributed by atoms with Crippen LogP contribution in [0, 0.1) is 0 Å². The quantitative estimate of drug-likeness (QED) is 0.568. The zero-order valence-electron chi connectivity index (χ0n) is 17.8. The number of hydrogen-bond donors (Lipinski definition) is 1. The summed E-state index contributed by atoms with van der Waals surface area (Å²) in [4.78, 5) is 12.7. The summed E-state index contributed by atoms with van der Waals surface area (Å²) in [5.41, 5.74) is 1.19. The van der Waals surface area contributed by atoms with E-state index in [1.165, 1.54) is 74.0 Å². The number of anilines is 2. The number of carbonyl (C=O) groups is 1. The fourth-order valence-corrected chi connectivity index (χ4v) is 4.93. The average molecular weight is 474 g/mol. The predicted octanol–water partition coefficient (Wildman–Crippen LogP) is 3.01. The molecule has 0 saturated carbocycles. The van der Waals surface area contributed by atoms with Gasteiger partial charge in [0.25, 0.3) is 15.9 Å². The first-order chi connectivity index (χ1) is 15.0. The Bertz CT molecular complexity index is 1300. The second-order valence-corrected chi connectivity index (χ2v) is 11.2. The van der Waals surface area contributed by atoms with E-state index < -0.39 is 26.0 Å². The number of nitrogens with zero attached hydrogens (tertiary/aromatic N) is 2. The number of benzene rings is 3. The molecule has 8 nitrogen and oxygen atoms in total. The highest BCUT2D eigenvalue weighted by atomic mass is 32.2. The Morgan fingerprint density at radius 1 is 0.688 bits per heavy atom. The van der Waals surface area contributed by atoms with Crippen LogP contribution in [0.4, 0.5) is 11.4 Å². The molecule has 168 valence electrons. The molecule has 0 radical (unpaired) electrons. The first kappa shape index (κ1) is 23.5. The van der Waals surface area contributed by atoms with Crippen LogP contribution in [0.15, 0.2) is 88.7 Å². The maximum Gasteiger partial charge on any atom is 0.264 e. The Morgan fingerprint density at radius 2 is 1.19 bits per heavy atom. The SMILES string of the molecule is CN(C)S(=O)(=O)c1ccc(NC(=O)c2ccc(S(=O)(=O)N(C)c3ccccc3)cc2)cc1. The standard InChI is InChI=1S/C22H23N3O5S2/c1-24(2)31(27,28)20-15-11-18(12-16-20)23-22(26)17-9-13-21(14-10-17)32(29,30)25(3)19-7-5-4-6-8-19/h4-16H,1-3H3,(H,23,26). The molecule has 0 aliphatic rings. The molecule has 0 spiro atoms. The summed E-state index contributed by atoms with van der Waals surface area (Å²) in [6.45, 7) is 0. The fraction of sp³-hybridized carbons (Fsp3) is 0.136. The van der Waals surface area contributed by atoms with Crippen molar-refractivity contribution in [3.05, 3.63) is 84.4 Å². The van der Waals surface area contributed by atoms with Gasteiger partial charge in [0.05, 0.1) is 15.5 Å². The molecule has 0 fully saturated rings. The van der Waals surface area contributed by atoms with E-state index in [2.05, 4.69) is 5.32 Å². The van der Waals surface area contributed by atoms with Crippen LogP contribution >= 0.6 is 0 Å². The van der Waals surface area contributed by atoms with E-state index in [-0.39, 0.29) is 15.4 Å². The van der Waals surface area contributed by atoms with Crippen molar-refractivity contribution in [1.29, 1.82) is 0 Å². The molecule has 0 atom stereocenters. The number of carbonyl (C=O) groups excluding carboxylic acids is 1. The second-order valence-electron chi connectivity index (χ2n) is 7.10. The normalized spacial score (nSPS) is 11.9. The van der Waals surface area contributed by atoms with Gasteiger partial charge >= 0.3 is 0 Å². The molecule has 1 N–H and O–H groups in total. The van der Waals surface area contributed by atoms with Crippen LogP contribution in [-0.4, -0.2) is 48.2 Å². The Hall–Kier alpha value is -3.21. The van der Waals surface area contributed by atoms with Crippen molar-refractivity contribution in [3.63, 3.8) is 0 Å². The van der Waals surface area contributed by atoms with E-state index >= 15 is 0 Å². The summed E-state index contributed by atoms with van der Waals surface area (Å²) in [5, 5.41) is 2.67. The van der Waals surface area contributed by atoms with Crippen molar-refractivity contribution >= 4 is 37.3 Å². The van der Waals surface area contributed by atoms with Crippen molar-refractivity contribution in [1.82, 2.24) is 4.31 Å². The van der Waals surface area contributed by atoms with Crippen molar-refractivity contribution in [2.75, 3.05) is 30.8 Å². The summed E-state index contributed by atoms with van der Waals surface area (Å²) in [6, 6.07) is 20.0. The number of rotatable bonds is 7. The minimum Gasteiger partial charge on any atom is -0.322 e. The molecule has 0 bridgehead atoms. The molecule has 10 heteroatoms. The third-order valence-corrected chi connectivity index (χ3v) is 8.41. The van der Waals surface area contributed by atoms with Gasteiger partial charge in [-0.1, -0.05) is 18.2 Å².